The number of hydrogen-bond donors (Lipinski definition) is 0. The van der Waals surface area contributed by atoms with Crippen LogP contribution >= 0.6 is 0 Å². The Bertz CT molecular complexity index is 596. The summed E-state index contributed by atoms with van der Waals surface area (Å²) in [5.74, 6) is 0. The largest absolute Gasteiger partial charge is 0.346 e. The van der Waals surface area contributed by atoms with E-state index in [4.69, 9.17) is 0 Å². The monoisotopic (exact) mass is 271 g/mol. The van der Waals surface area contributed by atoms with E-state index in [1.54, 1.807) is 0 Å². The van der Waals surface area contributed by atoms with Crippen LogP contribution in [-0.2, 0) is 6.54 Å². The van der Waals surface area contributed by atoms with Crippen molar-refractivity contribution in [2.24, 2.45) is 0 Å². The summed E-state index contributed by atoms with van der Waals surface area (Å²) in [6, 6.07) is 14.6. The van der Waals surface area contributed by atoms with E-state index in [1.807, 2.05) is 24.1 Å². The first-order valence-corrected chi connectivity index (χ1v) is 10.1. The first kappa shape index (κ1) is 13.8. The standard InChI is InChI=1S/C16H21NOSi/c1-17(16(18)19(2,3)4)12-14-10-7-9-13-8-5-6-11-15(13)14/h5-11H,12H2,1-4H3. The average molecular weight is 271 g/mol. The van der Waals surface area contributed by atoms with Gasteiger partial charge in [0.05, 0.1) is 0 Å². The van der Waals surface area contributed by atoms with Crippen LogP contribution in [0.3, 0.4) is 0 Å². The molecule has 0 heterocycles. The van der Waals surface area contributed by atoms with Gasteiger partial charge in [-0.15, -0.1) is 0 Å². The molecule has 0 aromatic heterocycles. The second-order valence-electron chi connectivity index (χ2n) is 6.05. The van der Waals surface area contributed by atoms with E-state index in [0.29, 0.717) is 12.1 Å². The number of hydrogen-bond acceptors (Lipinski definition) is 1. The molecule has 0 aliphatic rings. The summed E-state index contributed by atoms with van der Waals surface area (Å²) in [4.78, 5) is 14.2. The van der Waals surface area contributed by atoms with Gasteiger partial charge in [-0.2, -0.15) is 0 Å². The molecule has 100 valence electrons. The predicted octanol–water partition coefficient (Wildman–Crippen LogP) is 4.31. The van der Waals surface area contributed by atoms with E-state index in [-0.39, 0.29) is 0 Å². The van der Waals surface area contributed by atoms with Crippen molar-refractivity contribution >= 4 is 24.4 Å². The molecule has 0 atom stereocenters. The third-order valence-corrected chi connectivity index (χ3v) is 4.94. The lowest BCUT2D eigenvalue weighted by molar-refractivity contribution is 0.228. The Morgan fingerprint density at radius 3 is 2.37 bits per heavy atom. The number of carbonyl (C=O) groups excluding carboxylic acids is 1. The predicted molar refractivity (Wildman–Crippen MR) is 84.2 cm³/mol. The van der Waals surface area contributed by atoms with Crippen molar-refractivity contribution in [1.29, 1.82) is 0 Å². The van der Waals surface area contributed by atoms with Gasteiger partial charge < -0.3 is 4.90 Å². The Balaban J connectivity index is 2.29. The third-order valence-electron chi connectivity index (χ3n) is 3.28. The van der Waals surface area contributed by atoms with E-state index in [0.717, 1.165) is 0 Å². The highest BCUT2D eigenvalue weighted by Crippen LogP contribution is 2.20. The molecule has 0 unspecified atom stereocenters. The number of fused-ring (bicyclic) bond motifs is 1. The molecule has 2 aromatic rings. The maximum Gasteiger partial charge on any atom is 0.194 e. The maximum atomic E-state index is 12.3. The van der Waals surface area contributed by atoms with E-state index in [1.165, 1.54) is 16.3 Å². The summed E-state index contributed by atoms with van der Waals surface area (Å²) >= 11 is 0. The molecule has 0 aliphatic heterocycles. The minimum Gasteiger partial charge on any atom is -0.346 e. The average Bonchev–Trinajstić information content (AvgIpc) is 2.37. The molecule has 0 bridgehead atoms. The Morgan fingerprint density at radius 1 is 1.05 bits per heavy atom. The topological polar surface area (TPSA) is 20.3 Å². The molecule has 19 heavy (non-hydrogen) atoms. The Hall–Kier alpha value is -1.61. The van der Waals surface area contributed by atoms with Crippen LogP contribution in [0.15, 0.2) is 42.5 Å². The van der Waals surface area contributed by atoms with E-state index in [9.17, 15) is 4.79 Å². The van der Waals surface area contributed by atoms with Crippen LogP contribution in [0.4, 0.5) is 4.79 Å². The van der Waals surface area contributed by atoms with Crippen LogP contribution in [0.1, 0.15) is 5.56 Å². The highest BCUT2D eigenvalue weighted by Gasteiger charge is 2.27. The van der Waals surface area contributed by atoms with Gasteiger partial charge in [-0.1, -0.05) is 62.1 Å². The molecule has 2 aromatic carbocycles. The van der Waals surface area contributed by atoms with Gasteiger partial charge in [0.15, 0.2) is 13.6 Å². The third kappa shape index (κ3) is 3.04. The molecular weight excluding hydrogens is 250 g/mol. The smallest absolute Gasteiger partial charge is 0.194 e. The molecule has 0 aliphatic carbocycles. The zero-order valence-electron chi connectivity index (χ0n) is 12.1. The summed E-state index contributed by atoms with van der Waals surface area (Å²) in [7, 11) is 0.147. The van der Waals surface area contributed by atoms with Crippen LogP contribution < -0.4 is 0 Å². The molecule has 0 N–H and O–H groups in total. The number of nitrogens with zero attached hydrogens (tertiary/aromatic N) is 1. The number of rotatable bonds is 3. The molecule has 3 heteroatoms. The van der Waals surface area contributed by atoms with Gasteiger partial charge in [0.2, 0.25) is 0 Å². The highest BCUT2D eigenvalue weighted by atomic mass is 28.3. The van der Waals surface area contributed by atoms with Crippen molar-refractivity contribution in [2.45, 2.75) is 26.2 Å². The molecule has 0 saturated carbocycles. The normalized spacial score (nSPS) is 11.6. The fraction of sp³-hybridized carbons (Fsp3) is 0.312. The zero-order valence-corrected chi connectivity index (χ0v) is 13.1. The quantitative estimate of drug-likeness (QED) is 0.762. The summed E-state index contributed by atoms with van der Waals surface area (Å²) in [5, 5.41) is 2.47. The van der Waals surface area contributed by atoms with Crippen molar-refractivity contribution in [3.63, 3.8) is 0 Å². The lowest BCUT2D eigenvalue weighted by Crippen LogP contribution is -2.43. The minimum atomic E-state index is -1.76. The van der Waals surface area contributed by atoms with Gasteiger partial charge in [0.25, 0.3) is 0 Å². The van der Waals surface area contributed by atoms with E-state index >= 15 is 0 Å². The van der Waals surface area contributed by atoms with Gasteiger partial charge in [-0.05, 0) is 16.3 Å². The number of amides is 1. The molecule has 0 fully saturated rings. The highest BCUT2D eigenvalue weighted by molar-refractivity contribution is 7.03. The molecule has 2 nitrogen and oxygen atoms in total. The van der Waals surface area contributed by atoms with Gasteiger partial charge in [-0.25, -0.2) is 0 Å². The fourth-order valence-electron chi connectivity index (χ4n) is 2.33. The number of carbonyl (C=O) groups is 1. The van der Waals surface area contributed by atoms with Crippen molar-refractivity contribution in [1.82, 2.24) is 4.90 Å². The van der Waals surface area contributed by atoms with Gasteiger partial charge in [0.1, 0.15) is 0 Å². The van der Waals surface area contributed by atoms with Crippen LogP contribution in [0.25, 0.3) is 10.8 Å². The molecule has 1 amide bonds. The van der Waals surface area contributed by atoms with Crippen molar-refractivity contribution < 1.29 is 4.79 Å². The van der Waals surface area contributed by atoms with E-state index in [2.05, 4.69) is 50.0 Å². The van der Waals surface area contributed by atoms with Crippen molar-refractivity contribution in [2.75, 3.05) is 7.05 Å². The second kappa shape index (κ2) is 5.17. The van der Waals surface area contributed by atoms with Crippen LogP contribution in [0.2, 0.25) is 19.6 Å². The fourth-order valence-corrected chi connectivity index (χ4v) is 3.55. The second-order valence-corrected chi connectivity index (χ2v) is 11.0. The lowest BCUT2D eigenvalue weighted by atomic mass is 10.0. The Morgan fingerprint density at radius 2 is 1.68 bits per heavy atom. The Labute approximate surface area is 116 Å². The molecule has 0 radical (unpaired) electrons. The molecular formula is C16H21NOSi. The number of benzene rings is 2. The van der Waals surface area contributed by atoms with Crippen LogP contribution in [-0.4, -0.2) is 25.6 Å². The lowest BCUT2D eigenvalue weighted by Gasteiger charge is -2.25. The van der Waals surface area contributed by atoms with Crippen LogP contribution in [0.5, 0.6) is 0 Å². The molecule has 2 rings (SSSR count). The summed E-state index contributed by atoms with van der Waals surface area (Å²) in [6.07, 6.45) is 0. The minimum absolute atomic E-state index is 0.306. The Kier molecular flexibility index (Phi) is 3.76. The van der Waals surface area contributed by atoms with Gasteiger partial charge in [0, 0.05) is 13.6 Å². The van der Waals surface area contributed by atoms with E-state index < -0.39 is 8.07 Å². The first-order valence-electron chi connectivity index (χ1n) is 6.62. The summed E-state index contributed by atoms with van der Waals surface area (Å²) in [5.41, 5.74) is 1.52. The molecule has 0 saturated heterocycles. The maximum absolute atomic E-state index is 12.3. The van der Waals surface area contributed by atoms with Crippen molar-refractivity contribution in [3.05, 3.63) is 48.0 Å². The summed E-state index contributed by atoms with van der Waals surface area (Å²) < 4.78 is 0. The van der Waals surface area contributed by atoms with Crippen LogP contribution in [0, 0.1) is 0 Å². The SMILES string of the molecule is CN(Cc1cccc2ccccc12)C(=O)[Si](C)(C)C. The zero-order chi connectivity index (χ0) is 14.0. The van der Waals surface area contributed by atoms with Gasteiger partial charge >= 0.3 is 0 Å². The summed E-state index contributed by atoms with van der Waals surface area (Å²) in [6.45, 7) is 6.96. The first-order chi connectivity index (χ1) is 8.89. The van der Waals surface area contributed by atoms with Crippen molar-refractivity contribution in [3.8, 4) is 0 Å². The van der Waals surface area contributed by atoms with Gasteiger partial charge in [-0.3, -0.25) is 4.79 Å². The molecule has 0 spiro atoms.